The van der Waals surface area contributed by atoms with Crippen molar-refractivity contribution in [1.29, 1.82) is 5.26 Å². The summed E-state index contributed by atoms with van der Waals surface area (Å²) in [5, 5.41) is 16.4. The fourth-order valence-corrected chi connectivity index (χ4v) is 6.68. The summed E-state index contributed by atoms with van der Waals surface area (Å²) in [6.45, 7) is 0. The number of hydrogen-bond donors (Lipinski definition) is 0. The minimum Gasteiger partial charge on any atom is -0.454 e. The Hall–Kier alpha value is -5.79. The molecule has 9 rings (SSSR count). The maximum atomic E-state index is 9.50. The van der Waals surface area contributed by atoms with Gasteiger partial charge in [-0.15, -0.1) is 0 Å². The Morgan fingerprint density at radius 2 is 1.05 bits per heavy atom. The highest BCUT2D eigenvalue weighted by molar-refractivity contribution is 6.39. The van der Waals surface area contributed by atoms with E-state index in [1.54, 1.807) is 0 Å². The van der Waals surface area contributed by atoms with Crippen molar-refractivity contribution in [1.82, 2.24) is 9.13 Å². The molecular formula is C37H21N3O. The summed E-state index contributed by atoms with van der Waals surface area (Å²) in [6.07, 6.45) is 0. The molecule has 9 aromatic rings. The Balaban J connectivity index is 1.66. The van der Waals surface area contributed by atoms with Crippen molar-refractivity contribution in [2.24, 2.45) is 0 Å². The van der Waals surface area contributed by atoms with Gasteiger partial charge in [-0.1, -0.05) is 72.8 Å². The van der Waals surface area contributed by atoms with Crippen molar-refractivity contribution >= 4 is 65.6 Å². The molecular weight excluding hydrogens is 502 g/mol. The maximum absolute atomic E-state index is 9.50. The smallest absolute Gasteiger partial charge is 0.160 e. The quantitative estimate of drug-likeness (QED) is 0.226. The molecule has 4 heteroatoms. The zero-order chi connectivity index (χ0) is 27.1. The van der Waals surface area contributed by atoms with Gasteiger partial charge in [0.15, 0.2) is 5.58 Å². The third-order valence-electron chi connectivity index (χ3n) is 8.32. The summed E-state index contributed by atoms with van der Waals surface area (Å²) in [6, 6.07) is 46.2. The zero-order valence-corrected chi connectivity index (χ0v) is 21.9. The molecule has 0 fully saturated rings. The largest absolute Gasteiger partial charge is 0.454 e. The van der Waals surface area contributed by atoms with Crippen LogP contribution in [0.1, 0.15) is 5.56 Å². The molecule has 0 radical (unpaired) electrons. The third-order valence-corrected chi connectivity index (χ3v) is 8.32. The lowest BCUT2D eigenvalue weighted by Crippen LogP contribution is -1.96. The van der Waals surface area contributed by atoms with E-state index in [-0.39, 0.29) is 0 Å². The highest BCUT2D eigenvalue weighted by Crippen LogP contribution is 2.49. The van der Waals surface area contributed by atoms with E-state index in [4.69, 9.17) is 4.42 Å². The molecule has 41 heavy (non-hydrogen) atoms. The molecule has 3 aromatic heterocycles. The number of fused-ring (bicyclic) bond motifs is 12. The van der Waals surface area contributed by atoms with Crippen LogP contribution in [0.3, 0.4) is 0 Å². The van der Waals surface area contributed by atoms with Gasteiger partial charge in [0.1, 0.15) is 5.58 Å². The molecule has 0 spiro atoms. The predicted molar refractivity (Wildman–Crippen MR) is 167 cm³/mol. The second-order valence-electron chi connectivity index (χ2n) is 10.4. The summed E-state index contributed by atoms with van der Waals surface area (Å²) in [5.41, 5.74) is 8.92. The monoisotopic (exact) mass is 523 g/mol. The van der Waals surface area contributed by atoms with E-state index in [0.29, 0.717) is 5.56 Å². The summed E-state index contributed by atoms with van der Waals surface area (Å²) < 4.78 is 11.5. The van der Waals surface area contributed by atoms with Crippen LogP contribution in [-0.2, 0) is 0 Å². The Morgan fingerprint density at radius 1 is 0.488 bits per heavy atom. The number of rotatable bonds is 2. The number of hydrogen-bond acceptors (Lipinski definition) is 2. The van der Waals surface area contributed by atoms with E-state index in [9.17, 15) is 5.26 Å². The van der Waals surface area contributed by atoms with E-state index in [1.165, 1.54) is 10.8 Å². The van der Waals surface area contributed by atoms with Gasteiger partial charge in [-0.2, -0.15) is 5.26 Å². The molecule has 0 saturated heterocycles. The van der Waals surface area contributed by atoms with Gasteiger partial charge in [0.25, 0.3) is 0 Å². The topological polar surface area (TPSA) is 46.8 Å². The number of para-hydroxylation sites is 4. The average Bonchev–Trinajstić information content (AvgIpc) is 3.69. The third kappa shape index (κ3) is 2.87. The number of furan rings is 1. The minimum absolute atomic E-state index is 0.642. The van der Waals surface area contributed by atoms with Crippen molar-refractivity contribution in [3.05, 3.63) is 133 Å². The van der Waals surface area contributed by atoms with Crippen molar-refractivity contribution in [3.63, 3.8) is 0 Å². The van der Waals surface area contributed by atoms with Crippen molar-refractivity contribution in [2.45, 2.75) is 0 Å². The van der Waals surface area contributed by atoms with Gasteiger partial charge in [-0.05, 0) is 54.6 Å². The second kappa shape index (κ2) is 8.11. The molecule has 0 unspecified atom stereocenters. The van der Waals surface area contributed by atoms with Crippen LogP contribution in [0.5, 0.6) is 0 Å². The van der Waals surface area contributed by atoms with Gasteiger partial charge in [0.05, 0.1) is 33.7 Å². The summed E-state index contributed by atoms with van der Waals surface area (Å²) >= 11 is 0. The van der Waals surface area contributed by atoms with Gasteiger partial charge in [0.2, 0.25) is 0 Å². The van der Waals surface area contributed by atoms with Crippen molar-refractivity contribution in [2.75, 3.05) is 0 Å². The lowest BCUT2D eigenvalue weighted by atomic mass is 10.0. The highest BCUT2D eigenvalue weighted by atomic mass is 16.3. The standard InChI is InChI=1S/C37H21N3O/c38-22-23-18-20-25(21-19-23)39-29-15-7-4-12-26(29)32-33-28-14-6-9-17-31(28)41-37(33)36-34(35(32)39)27-13-5-8-16-30(27)40(36)24-10-2-1-3-11-24/h1-21H. The van der Waals surface area contributed by atoms with E-state index in [1.807, 2.05) is 30.3 Å². The first-order valence-electron chi connectivity index (χ1n) is 13.7. The Kier molecular flexibility index (Phi) is 4.37. The average molecular weight is 524 g/mol. The van der Waals surface area contributed by atoms with Gasteiger partial charge < -0.3 is 13.6 Å². The van der Waals surface area contributed by atoms with Crippen LogP contribution in [0.15, 0.2) is 132 Å². The molecule has 0 saturated carbocycles. The van der Waals surface area contributed by atoms with Crippen LogP contribution in [0.25, 0.3) is 76.9 Å². The van der Waals surface area contributed by atoms with Crippen LogP contribution >= 0.6 is 0 Å². The van der Waals surface area contributed by atoms with Crippen molar-refractivity contribution in [3.8, 4) is 17.4 Å². The maximum Gasteiger partial charge on any atom is 0.160 e. The van der Waals surface area contributed by atoms with Crippen LogP contribution in [-0.4, -0.2) is 9.13 Å². The summed E-state index contributed by atoms with van der Waals surface area (Å²) in [5.74, 6) is 0. The molecule has 0 N–H and O–H groups in total. The van der Waals surface area contributed by atoms with E-state index in [0.717, 1.165) is 66.2 Å². The fraction of sp³-hybridized carbons (Fsp3) is 0. The predicted octanol–water partition coefficient (Wildman–Crippen LogP) is 9.65. The van der Waals surface area contributed by atoms with Gasteiger partial charge >= 0.3 is 0 Å². The molecule has 0 aliphatic heterocycles. The zero-order valence-electron chi connectivity index (χ0n) is 21.9. The first kappa shape index (κ1) is 22.1. The molecule has 190 valence electrons. The summed E-state index contributed by atoms with van der Waals surface area (Å²) in [4.78, 5) is 0. The molecule has 0 aliphatic rings. The van der Waals surface area contributed by atoms with Crippen molar-refractivity contribution < 1.29 is 4.42 Å². The molecule has 0 amide bonds. The first-order chi connectivity index (χ1) is 20.3. The van der Waals surface area contributed by atoms with Gasteiger partial charge in [0, 0.05) is 43.7 Å². The van der Waals surface area contributed by atoms with Gasteiger partial charge in [-0.25, -0.2) is 0 Å². The highest BCUT2D eigenvalue weighted by Gasteiger charge is 2.27. The molecule has 0 bridgehead atoms. The first-order valence-corrected chi connectivity index (χ1v) is 13.7. The van der Waals surface area contributed by atoms with E-state index < -0.39 is 0 Å². The molecule has 6 aromatic carbocycles. The SMILES string of the molecule is N#Cc1ccc(-n2c3ccccc3c3c4c5ccccc5oc4c4c(c5ccccc5n4-c4ccccc4)c32)cc1. The minimum atomic E-state index is 0.642. The summed E-state index contributed by atoms with van der Waals surface area (Å²) in [7, 11) is 0. The lowest BCUT2D eigenvalue weighted by Gasteiger charge is -2.11. The number of nitriles is 1. The molecule has 3 heterocycles. The van der Waals surface area contributed by atoms with E-state index in [2.05, 4.69) is 112 Å². The van der Waals surface area contributed by atoms with Crippen LogP contribution in [0.4, 0.5) is 0 Å². The Bertz CT molecular complexity index is 2520. The number of nitrogens with zero attached hydrogens (tertiary/aromatic N) is 3. The van der Waals surface area contributed by atoms with E-state index >= 15 is 0 Å². The van der Waals surface area contributed by atoms with Crippen LogP contribution in [0, 0.1) is 11.3 Å². The molecule has 4 nitrogen and oxygen atoms in total. The lowest BCUT2D eigenvalue weighted by molar-refractivity contribution is 0.671. The second-order valence-corrected chi connectivity index (χ2v) is 10.4. The van der Waals surface area contributed by atoms with Gasteiger partial charge in [-0.3, -0.25) is 0 Å². The Labute approximate surface area is 234 Å². The normalized spacial score (nSPS) is 11.9. The Morgan fingerprint density at radius 3 is 1.76 bits per heavy atom. The fourth-order valence-electron chi connectivity index (χ4n) is 6.68. The molecule has 0 aliphatic carbocycles. The number of aromatic nitrogens is 2. The number of benzene rings is 6. The van der Waals surface area contributed by atoms with Crippen LogP contribution < -0.4 is 0 Å². The van der Waals surface area contributed by atoms with Crippen LogP contribution in [0.2, 0.25) is 0 Å². The molecule has 0 atom stereocenters.